The molecule has 1 aliphatic heterocycles. The summed E-state index contributed by atoms with van der Waals surface area (Å²) in [4.78, 5) is 14.2. The highest BCUT2D eigenvalue weighted by Gasteiger charge is 2.33. The van der Waals surface area contributed by atoms with Crippen molar-refractivity contribution in [3.8, 4) is 5.69 Å². The van der Waals surface area contributed by atoms with Crippen LogP contribution < -0.4 is 5.32 Å². The Morgan fingerprint density at radius 2 is 2.12 bits per heavy atom. The van der Waals surface area contributed by atoms with E-state index in [1.54, 1.807) is 10.9 Å². The molecule has 24 heavy (non-hydrogen) atoms. The third kappa shape index (κ3) is 3.94. The topological polar surface area (TPSA) is 59.4 Å². The van der Waals surface area contributed by atoms with E-state index in [0.29, 0.717) is 19.6 Å². The van der Waals surface area contributed by atoms with Crippen molar-refractivity contribution in [1.82, 2.24) is 20.0 Å². The fourth-order valence-electron chi connectivity index (χ4n) is 3.07. The Labute approximate surface area is 142 Å². The van der Waals surface area contributed by atoms with E-state index >= 15 is 0 Å². The Morgan fingerprint density at radius 1 is 1.38 bits per heavy atom. The summed E-state index contributed by atoms with van der Waals surface area (Å²) < 4.78 is 7.64. The number of benzene rings is 1. The van der Waals surface area contributed by atoms with Gasteiger partial charge in [-0.05, 0) is 32.9 Å². The zero-order chi connectivity index (χ0) is 17.2. The molecule has 0 bridgehead atoms. The first-order valence-corrected chi connectivity index (χ1v) is 8.22. The van der Waals surface area contributed by atoms with Crippen molar-refractivity contribution in [1.29, 1.82) is 0 Å². The molecule has 2 aromatic rings. The maximum absolute atomic E-state index is 12.4. The molecule has 1 aliphatic rings. The summed E-state index contributed by atoms with van der Waals surface area (Å²) in [5.41, 5.74) is 1.65. The van der Waals surface area contributed by atoms with Crippen LogP contribution in [0.1, 0.15) is 26.3 Å². The number of para-hydroxylation sites is 1. The number of carbonyl (C=O) groups is 1. The van der Waals surface area contributed by atoms with Crippen LogP contribution in [0.3, 0.4) is 0 Å². The lowest BCUT2D eigenvalue weighted by Crippen LogP contribution is -2.56. The van der Waals surface area contributed by atoms with E-state index in [2.05, 4.69) is 10.4 Å². The first-order chi connectivity index (χ1) is 11.4. The van der Waals surface area contributed by atoms with Crippen LogP contribution >= 0.6 is 0 Å². The number of nitrogens with zero attached hydrogens (tertiary/aromatic N) is 3. The van der Waals surface area contributed by atoms with Gasteiger partial charge in [0.2, 0.25) is 0 Å². The number of nitrogens with one attached hydrogen (secondary N) is 1. The van der Waals surface area contributed by atoms with Crippen LogP contribution in [0, 0.1) is 0 Å². The number of hydrogen-bond donors (Lipinski definition) is 1. The number of ether oxygens (including phenoxy) is 1. The second-order valence-corrected chi connectivity index (χ2v) is 6.86. The average molecular weight is 328 g/mol. The summed E-state index contributed by atoms with van der Waals surface area (Å²) in [6, 6.07) is 9.84. The van der Waals surface area contributed by atoms with E-state index in [1.165, 1.54) is 0 Å². The molecule has 1 saturated heterocycles. The molecule has 0 saturated carbocycles. The second-order valence-electron chi connectivity index (χ2n) is 6.86. The Balaban J connectivity index is 1.58. The van der Waals surface area contributed by atoms with Crippen molar-refractivity contribution in [3.63, 3.8) is 0 Å². The minimum atomic E-state index is -0.312. The first kappa shape index (κ1) is 16.5. The summed E-state index contributed by atoms with van der Waals surface area (Å²) in [6.45, 7) is 7.66. The standard InChI is InChI=1S/C18H24N4O2/c1-14-11-21(13-18(2,3)24-14)17(23)19-9-15-10-20-22(12-15)16-7-5-4-6-8-16/h4-8,10,12,14H,9,11,13H2,1-3H3,(H,19,23). The normalized spacial score (nSPS) is 20.0. The number of urea groups is 1. The maximum Gasteiger partial charge on any atom is 0.317 e. The van der Waals surface area contributed by atoms with Gasteiger partial charge in [-0.15, -0.1) is 0 Å². The number of aromatic nitrogens is 2. The van der Waals surface area contributed by atoms with Crippen LogP contribution in [0.25, 0.3) is 5.69 Å². The van der Waals surface area contributed by atoms with Crippen LogP contribution in [0.2, 0.25) is 0 Å². The predicted molar refractivity (Wildman–Crippen MR) is 92.0 cm³/mol. The first-order valence-electron chi connectivity index (χ1n) is 8.22. The van der Waals surface area contributed by atoms with Gasteiger partial charge in [0.15, 0.2) is 0 Å². The summed E-state index contributed by atoms with van der Waals surface area (Å²) >= 11 is 0. The molecule has 0 aliphatic carbocycles. The van der Waals surface area contributed by atoms with Gasteiger partial charge in [-0.25, -0.2) is 9.48 Å². The largest absolute Gasteiger partial charge is 0.369 e. The molecular weight excluding hydrogens is 304 g/mol. The van der Waals surface area contributed by atoms with Gasteiger partial charge in [-0.3, -0.25) is 0 Å². The van der Waals surface area contributed by atoms with Crippen molar-refractivity contribution in [2.45, 2.75) is 39.0 Å². The average Bonchev–Trinajstić information content (AvgIpc) is 3.00. The Bertz CT molecular complexity index is 696. The lowest BCUT2D eigenvalue weighted by Gasteiger charge is -2.41. The van der Waals surface area contributed by atoms with Gasteiger partial charge in [0.05, 0.1) is 30.1 Å². The summed E-state index contributed by atoms with van der Waals surface area (Å²) in [7, 11) is 0. The van der Waals surface area contributed by atoms with E-state index in [1.807, 2.05) is 62.2 Å². The number of amides is 2. The van der Waals surface area contributed by atoms with Gasteiger partial charge in [-0.2, -0.15) is 5.10 Å². The predicted octanol–water partition coefficient (Wildman–Crippen LogP) is 2.58. The van der Waals surface area contributed by atoms with E-state index in [9.17, 15) is 4.79 Å². The van der Waals surface area contributed by atoms with Crippen molar-refractivity contribution in [2.75, 3.05) is 13.1 Å². The van der Waals surface area contributed by atoms with Gasteiger partial charge < -0.3 is 15.0 Å². The molecule has 128 valence electrons. The Morgan fingerprint density at radius 3 is 2.83 bits per heavy atom. The van der Waals surface area contributed by atoms with Crippen LogP contribution in [-0.4, -0.2) is 45.5 Å². The Kier molecular flexibility index (Phi) is 4.57. The molecule has 1 N–H and O–H groups in total. The number of rotatable bonds is 3. The molecule has 1 atom stereocenters. The maximum atomic E-state index is 12.4. The van der Waals surface area contributed by atoms with Crippen molar-refractivity contribution in [2.24, 2.45) is 0 Å². The SMILES string of the molecule is CC1CN(C(=O)NCc2cnn(-c3ccccc3)c2)CC(C)(C)O1. The molecule has 0 spiro atoms. The Hall–Kier alpha value is -2.34. The molecule has 0 radical (unpaired) electrons. The van der Waals surface area contributed by atoms with Crippen LogP contribution in [0.15, 0.2) is 42.7 Å². The van der Waals surface area contributed by atoms with E-state index < -0.39 is 0 Å². The number of morpholine rings is 1. The lowest BCUT2D eigenvalue weighted by molar-refractivity contribution is -0.117. The molecule has 6 heteroatoms. The summed E-state index contributed by atoms with van der Waals surface area (Å²) in [5, 5.41) is 7.31. The minimum Gasteiger partial charge on any atom is -0.369 e. The number of carbonyl (C=O) groups excluding carboxylic acids is 1. The van der Waals surface area contributed by atoms with Gasteiger partial charge >= 0.3 is 6.03 Å². The van der Waals surface area contributed by atoms with Crippen LogP contribution in [-0.2, 0) is 11.3 Å². The lowest BCUT2D eigenvalue weighted by atomic mass is 10.1. The van der Waals surface area contributed by atoms with Crippen molar-refractivity contribution in [3.05, 3.63) is 48.3 Å². The van der Waals surface area contributed by atoms with Crippen LogP contribution in [0.4, 0.5) is 4.79 Å². The fourth-order valence-corrected chi connectivity index (χ4v) is 3.07. The second kappa shape index (κ2) is 6.65. The molecule has 1 aromatic heterocycles. The van der Waals surface area contributed by atoms with E-state index in [-0.39, 0.29) is 17.7 Å². The molecule has 1 fully saturated rings. The molecule has 2 amide bonds. The summed E-state index contributed by atoms with van der Waals surface area (Å²) in [6.07, 6.45) is 3.75. The van der Waals surface area contributed by atoms with Crippen molar-refractivity contribution >= 4 is 6.03 Å². The fraction of sp³-hybridized carbons (Fsp3) is 0.444. The monoisotopic (exact) mass is 328 g/mol. The smallest absolute Gasteiger partial charge is 0.317 e. The summed E-state index contributed by atoms with van der Waals surface area (Å²) in [5.74, 6) is 0. The minimum absolute atomic E-state index is 0.0420. The highest BCUT2D eigenvalue weighted by Crippen LogP contribution is 2.20. The van der Waals surface area contributed by atoms with E-state index in [0.717, 1.165) is 11.3 Å². The molecular formula is C18H24N4O2. The zero-order valence-corrected chi connectivity index (χ0v) is 14.4. The van der Waals surface area contributed by atoms with Gasteiger partial charge in [0, 0.05) is 24.8 Å². The molecule has 1 unspecified atom stereocenters. The van der Waals surface area contributed by atoms with Crippen molar-refractivity contribution < 1.29 is 9.53 Å². The van der Waals surface area contributed by atoms with Gasteiger partial charge in [-0.1, -0.05) is 18.2 Å². The van der Waals surface area contributed by atoms with Crippen LogP contribution in [0.5, 0.6) is 0 Å². The van der Waals surface area contributed by atoms with Gasteiger partial charge in [0.1, 0.15) is 0 Å². The molecule has 1 aromatic carbocycles. The zero-order valence-electron chi connectivity index (χ0n) is 14.4. The molecule has 3 rings (SSSR count). The highest BCUT2D eigenvalue weighted by molar-refractivity contribution is 5.74. The van der Waals surface area contributed by atoms with Gasteiger partial charge in [0.25, 0.3) is 0 Å². The number of hydrogen-bond acceptors (Lipinski definition) is 3. The molecule has 6 nitrogen and oxygen atoms in total. The molecule has 2 heterocycles. The highest BCUT2D eigenvalue weighted by atomic mass is 16.5. The quantitative estimate of drug-likeness (QED) is 0.942. The van der Waals surface area contributed by atoms with E-state index in [4.69, 9.17) is 4.74 Å². The third-order valence-electron chi connectivity index (χ3n) is 3.96. The third-order valence-corrected chi connectivity index (χ3v) is 3.96.